The van der Waals surface area contributed by atoms with Gasteiger partial charge in [-0.3, -0.25) is 13.9 Å². The molecule has 14 heteroatoms. The molecular formula is C30H22ClF5N2O5S. The molecule has 1 amide bonds. The number of hydrogen-bond acceptors (Lipinski definition) is 5. The number of carbonyl (C=O) groups excluding carboxylic acids is 2. The highest BCUT2D eigenvalue weighted by atomic mass is 35.5. The maximum Gasteiger partial charge on any atom is 0.416 e. The minimum atomic E-state index is -4.76. The molecule has 0 fully saturated rings. The van der Waals surface area contributed by atoms with E-state index in [0.717, 1.165) is 22.5 Å². The van der Waals surface area contributed by atoms with Gasteiger partial charge in [0.15, 0.2) is 0 Å². The maximum atomic E-state index is 14.8. The minimum absolute atomic E-state index is 0.00558. The number of halogens is 6. The summed E-state index contributed by atoms with van der Waals surface area (Å²) >= 11 is 5.93. The van der Waals surface area contributed by atoms with Crippen molar-refractivity contribution in [2.24, 2.45) is 0 Å². The van der Waals surface area contributed by atoms with Gasteiger partial charge in [-0.25, -0.2) is 17.2 Å². The third-order valence-corrected chi connectivity index (χ3v) is 8.48. The Kier molecular flexibility index (Phi) is 9.59. The molecule has 4 aromatic carbocycles. The molecule has 0 saturated heterocycles. The van der Waals surface area contributed by atoms with Crippen LogP contribution in [-0.2, 0) is 38.7 Å². The van der Waals surface area contributed by atoms with E-state index in [1.54, 1.807) is 0 Å². The first-order valence-corrected chi connectivity index (χ1v) is 14.4. The van der Waals surface area contributed by atoms with E-state index in [-0.39, 0.29) is 22.7 Å². The molecule has 0 atom stereocenters. The molecule has 0 unspecified atom stereocenters. The monoisotopic (exact) mass is 652 g/mol. The summed E-state index contributed by atoms with van der Waals surface area (Å²) in [4.78, 5) is 24.0. The number of nitrogens with zero attached hydrogens (tertiary/aromatic N) is 1. The Morgan fingerprint density at radius 3 is 2.23 bits per heavy atom. The molecule has 0 radical (unpaired) electrons. The summed E-state index contributed by atoms with van der Waals surface area (Å²) in [6.45, 7) is -0.510. The van der Waals surface area contributed by atoms with Crippen LogP contribution in [0.5, 0.6) is 0 Å². The third kappa shape index (κ3) is 7.34. The second-order valence-electron chi connectivity index (χ2n) is 9.31. The van der Waals surface area contributed by atoms with Gasteiger partial charge < -0.3 is 10.1 Å². The van der Waals surface area contributed by atoms with Crippen molar-refractivity contribution in [3.63, 3.8) is 0 Å². The van der Waals surface area contributed by atoms with Crippen molar-refractivity contribution in [2.75, 3.05) is 16.7 Å². The lowest BCUT2D eigenvalue weighted by molar-refractivity contribution is -0.140. The highest BCUT2D eigenvalue weighted by Gasteiger charge is 2.32. The summed E-state index contributed by atoms with van der Waals surface area (Å²) in [6.07, 6.45) is -4.86. The Labute approximate surface area is 253 Å². The van der Waals surface area contributed by atoms with Crippen molar-refractivity contribution < 1.29 is 44.7 Å². The minimum Gasteiger partial charge on any atom is -0.469 e. The second-order valence-corrected chi connectivity index (χ2v) is 11.6. The summed E-state index contributed by atoms with van der Waals surface area (Å²) in [5, 5.41) is 1.81. The first-order chi connectivity index (χ1) is 20.7. The van der Waals surface area contributed by atoms with Crippen LogP contribution in [0.15, 0.2) is 89.8 Å². The largest absolute Gasteiger partial charge is 0.469 e. The number of esters is 1. The molecule has 0 aliphatic rings. The van der Waals surface area contributed by atoms with Crippen LogP contribution in [0.4, 0.5) is 33.3 Å². The quantitative estimate of drug-likeness (QED) is 0.155. The molecule has 230 valence electrons. The molecule has 44 heavy (non-hydrogen) atoms. The van der Waals surface area contributed by atoms with Gasteiger partial charge in [0.1, 0.15) is 11.6 Å². The fraction of sp³-hybridized carbons (Fsp3) is 0.133. The molecular weight excluding hydrogens is 631 g/mol. The second kappa shape index (κ2) is 13.0. The van der Waals surface area contributed by atoms with E-state index >= 15 is 0 Å². The zero-order valence-electron chi connectivity index (χ0n) is 22.7. The summed E-state index contributed by atoms with van der Waals surface area (Å²) in [5.74, 6) is -3.67. The zero-order valence-corrected chi connectivity index (χ0v) is 24.2. The van der Waals surface area contributed by atoms with Crippen molar-refractivity contribution in [2.45, 2.75) is 24.0 Å². The SMILES string of the molecule is COC(=O)Cc1ccc(N(Cc2ccccc2F)S(=O)(=O)c2ccc(F)c(C(=O)Nc3cc(C(F)(F)F)ccc3Cl)c2)cc1. The Hall–Kier alpha value is -4.49. The number of alkyl halides is 3. The fourth-order valence-electron chi connectivity index (χ4n) is 4.07. The van der Waals surface area contributed by atoms with Crippen LogP contribution in [0.1, 0.15) is 27.0 Å². The van der Waals surface area contributed by atoms with Gasteiger partial charge in [-0.05, 0) is 60.2 Å². The number of carbonyl (C=O) groups is 2. The van der Waals surface area contributed by atoms with Crippen molar-refractivity contribution in [1.29, 1.82) is 0 Å². The van der Waals surface area contributed by atoms with Gasteiger partial charge in [0.2, 0.25) is 0 Å². The van der Waals surface area contributed by atoms with Gasteiger partial charge in [0.05, 0.1) is 52.5 Å². The Balaban J connectivity index is 1.73. The van der Waals surface area contributed by atoms with Gasteiger partial charge >= 0.3 is 12.1 Å². The van der Waals surface area contributed by atoms with Gasteiger partial charge in [-0.15, -0.1) is 0 Å². The van der Waals surface area contributed by atoms with E-state index < -0.39 is 68.0 Å². The van der Waals surface area contributed by atoms with E-state index in [0.29, 0.717) is 29.8 Å². The van der Waals surface area contributed by atoms with Crippen LogP contribution >= 0.6 is 11.6 Å². The number of ether oxygens (including phenoxy) is 1. The van der Waals surface area contributed by atoms with Crippen molar-refractivity contribution >= 4 is 44.9 Å². The molecule has 0 bridgehead atoms. The zero-order chi connectivity index (χ0) is 32.2. The molecule has 0 heterocycles. The standard InChI is InChI=1S/C30H22ClF5N2O5S/c1-43-28(39)14-18-6-9-21(10-7-18)38(17-19-4-2-3-5-25(19)32)44(41,42)22-11-13-26(33)23(16-22)29(40)37-27-15-20(30(34,35)36)8-12-24(27)31/h2-13,15-16H,14,17H2,1H3,(H,37,40). The van der Waals surface area contributed by atoms with Crippen molar-refractivity contribution in [3.05, 3.63) is 124 Å². The van der Waals surface area contributed by atoms with Crippen LogP contribution < -0.4 is 9.62 Å². The fourth-order valence-corrected chi connectivity index (χ4v) is 5.70. The van der Waals surface area contributed by atoms with Crippen molar-refractivity contribution in [3.8, 4) is 0 Å². The molecule has 0 spiro atoms. The molecule has 1 N–H and O–H groups in total. The van der Waals surface area contributed by atoms with Gasteiger partial charge in [0.25, 0.3) is 15.9 Å². The summed E-state index contributed by atoms with van der Waals surface area (Å²) < 4.78 is 102. The maximum absolute atomic E-state index is 14.8. The lowest BCUT2D eigenvalue weighted by atomic mass is 10.1. The topological polar surface area (TPSA) is 92.8 Å². The lowest BCUT2D eigenvalue weighted by Gasteiger charge is -2.25. The number of methoxy groups -OCH3 is 1. The van der Waals surface area contributed by atoms with Crippen LogP contribution in [0.25, 0.3) is 0 Å². The highest BCUT2D eigenvalue weighted by molar-refractivity contribution is 7.92. The van der Waals surface area contributed by atoms with E-state index in [4.69, 9.17) is 11.6 Å². The first kappa shape index (κ1) is 32.4. The molecule has 4 rings (SSSR count). The van der Waals surface area contributed by atoms with E-state index in [2.05, 4.69) is 10.1 Å². The Bertz CT molecular complexity index is 1820. The summed E-state index contributed by atoms with van der Waals surface area (Å²) in [6, 6.07) is 15.6. The van der Waals surface area contributed by atoms with Crippen molar-refractivity contribution in [1.82, 2.24) is 0 Å². The molecule has 7 nitrogen and oxygen atoms in total. The average molecular weight is 653 g/mol. The van der Waals surface area contributed by atoms with Crippen LogP contribution in [0, 0.1) is 11.6 Å². The Morgan fingerprint density at radius 1 is 0.909 bits per heavy atom. The number of hydrogen-bond donors (Lipinski definition) is 1. The predicted molar refractivity (Wildman–Crippen MR) is 153 cm³/mol. The van der Waals surface area contributed by atoms with E-state index in [9.17, 15) is 40.0 Å². The number of anilines is 2. The molecule has 0 aliphatic heterocycles. The number of benzene rings is 4. The van der Waals surface area contributed by atoms with Crippen LogP contribution in [0.2, 0.25) is 5.02 Å². The molecule has 0 aliphatic carbocycles. The average Bonchev–Trinajstić information content (AvgIpc) is 2.97. The van der Waals surface area contributed by atoms with Gasteiger partial charge in [-0.1, -0.05) is 41.9 Å². The number of rotatable bonds is 9. The predicted octanol–water partition coefficient (Wildman–Crippen LogP) is 7.00. The first-order valence-electron chi connectivity index (χ1n) is 12.6. The lowest BCUT2D eigenvalue weighted by Crippen LogP contribution is -2.31. The van der Waals surface area contributed by atoms with E-state index in [1.165, 1.54) is 49.6 Å². The normalized spacial score (nSPS) is 11.6. The molecule has 0 saturated carbocycles. The molecule has 0 aromatic heterocycles. The van der Waals surface area contributed by atoms with Crippen LogP contribution in [-0.4, -0.2) is 27.4 Å². The number of nitrogens with one attached hydrogen (secondary N) is 1. The number of sulfonamides is 1. The highest BCUT2D eigenvalue weighted by Crippen LogP contribution is 2.34. The summed E-state index contributed by atoms with van der Waals surface area (Å²) in [5.41, 5.74) is -1.87. The van der Waals surface area contributed by atoms with Gasteiger partial charge in [0, 0.05) is 5.56 Å². The summed E-state index contributed by atoms with van der Waals surface area (Å²) in [7, 11) is -3.42. The molecule has 4 aromatic rings. The third-order valence-electron chi connectivity index (χ3n) is 6.38. The van der Waals surface area contributed by atoms with Gasteiger partial charge in [-0.2, -0.15) is 13.2 Å². The van der Waals surface area contributed by atoms with E-state index in [1.807, 2.05) is 0 Å². The Morgan fingerprint density at radius 2 is 1.59 bits per heavy atom. The van der Waals surface area contributed by atoms with Crippen LogP contribution in [0.3, 0.4) is 0 Å². The smallest absolute Gasteiger partial charge is 0.416 e. The number of amides is 1.